The minimum atomic E-state index is 0. The third kappa shape index (κ3) is 10.7. The minimum absolute atomic E-state index is 0. The second-order valence-corrected chi connectivity index (χ2v) is 0. The monoisotopic (exact) mass is 134 g/mol. The Labute approximate surface area is 49.3 Å². The van der Waals surface area contributed by atoms with Crippen LogP contribution in [0.1, 0.15) is 0 Å². The molecule has 0 aromatic heterocycles. The number of rotatable bonds is 0. The van der Waals surface area contributed by atoms with Crippen LogP contribution in [0.15, 0.2) is 0 Å². The Morgan fingerprint density at radius 3 is 1.25 bits per heavy atom. The van der Waals surface area contributed by atoms with Gasteiger partial charge in [-0.15, -0.1) is 0 Å². The predicted octanol–water partition coefficient (Wildman–Crippen LogP) is -2.91. The van der Waals surface area contributed by atoms with E-state index in [1.165, 1.54) is 0 Å². The summed E-state index contributed by atoms with van der Waals surface area (Å²) in [5.74, 6) is 0. The van der Waals surface area contributed by atoms with Crippen molar-refractivity contribution >= 4 is 21.7 Å². The summed E-state index contributed by atoms with van der Waals surface area (Å²) in [5, 5.41) is 2.03. The molecule has 1 nitrogen and oxygen atoms in total. The van der Waals surface area contributed by atoms with E-state index in [0.717, 1.165) is 0 Å². The van der Waals surface area contributed by atoms with E-state index in [1.54, 1.807) is 0 Å². The van der Waals surface area contributed by atoms with Gasteiger partial charge in [0.2, 0.25) is 0 Å². The zero-order chi connectivity index (χ0) is 2.00. The molecule has 0 fully saturated rings. The summed E-state index contributed by atoms with van der Waals surface area (Å²) in [5.41, 5.74) is 0. The molecule has 0 saturated heterocycles. The van der Waals surface area contributed by atoms with Crippen molar-refractivity contribution in [1.29, 1.82) is 0 Å². The standard InChI is InChI=1S/CH3.BrH.Mg.O/h1H3;1H;;/q;;+1;-2/p-1. The molecule has 0 saturated carbocycles. The molecule has 0 N–H and O–H groups in total. The van der Waals surface area contributed by atoms with Gasteiger partial charge < -0.3 is 22.5 Å². The molecule has 0 rings (SSSR count). The first kappa shape index (κ1) is 18.9. The van der Waals surface area contributed by atoms with Gasteiger partial charge in [-0.3, -0.25) is 0 Å². The number of hydrogen-bond acceptors (Lipinski definition) is 0. The maximum absolute atomic E-state index is 2.03. The van der Waals surface area contributed by atoms with Crippen LogP contribution in [0.2, 0.25) is 5.05 Å². The zero-order valence-corrected chi connectivity index (χ0v) is 5.49. The average molecular weight is 135 g/mol. The Bertz CT molecular complexity index is 8.00. The fraction of sp³-hybridized carbons (Fsp3) is 1.00. The fourth-order valence-corrected chi connectivity index (χ4v) is 0. The van der Waals surface area contributed by atoms with E-state index in [-0.39, 0.29) is 22.5 Å². The van der Waals surface area contributed by atoms with E-state index >= 15 is 0 Å². The van der Waals surface area contributed by atoms with Gasteiger partial charge >= 0.3 is 26.8 Å². The molecule has 24 valence electrons. The smallest absolute Gasteiger partial charge is 2.00 e. The summed E-state index contributed by atoms with van der Waals surface area (Å²) in [7, 11) is 0. The molecule has 0 atom stereocenters. The van der Waals surface area contributed by atoms with Gasteiger partial charge in [0.25, 0.3) is 0 Å². The zero-order valence-electron chi connectivity index (χ0n) is 2.49. The summed E-state index contributed by atoms with van der Waals surface area (Å²) < 4.78 is 0. The maximum atomic E-state index is 2.03. The van der Waals surface area contributed by atoms with Gasteiger partial charge in [-0.1, -0.05) is 0 Å². The third-order valence-electron chi connectivity index (χ3n) is 0. The average Bonchev–Trinajstić information content (AvgIpc) is 1.00. The summed E-state index contributed by atoms with van der Waals surface area (Å²) in [6, 6.07) is 0. The number of halogens is 1. The van der Waals surface area contributed by atoms with Crippen molar-refractivity contribution in [2.45, 2.75) is 5.05 Å². The van der Waals surface area contributed by atoms with E-state index in [0.29, 0.717) is 0 Å². The van der Waals surface area contributed by atoms with Crippen LogP contribution in [0.4, 0.5) is 0 Å². The topological polar surface area (TPSA) is 28.5 Å². The Balaban J connectivity index is -0.00000000500. The summed E-state index contributed by atoms with van der Waals surface area (Å²) >= 11 is 1.86. The first-order valence-corrected chi connectivity index (χ1v) is 2.12. The summed E-state index contributed by atoms with van der Waals surface area (Å²) in [6.07, 6.45) is 0. The second kappa shape index (κ2) is 29.7. The molecule has 4 heavy (non-hydrogen) atoms. The first-order chi connectivity index (χ1) is 1.00. The largest absolute Gasteiger partial charge is 2.00 e. The quantitative estimate of drug-likeness (QED) is 0.319. The fourth-order valence-electron chi connectivity index (χ4n) is 0. The van der Waals surface area contributed by atoms with Crippen molar-refractivity contribution in [1.82, 2.24) is 0 Å². The molecule has 0 spiro atoms. The molecule has 3 heteroatoms. The van der Waals surface area contributed by atoms with Gasteiger partial charge in [-0.05, 0) is 0 Å². The number of hydrogen-bond donors (Lipinski definition) is 0. The Hall–Kier alpha value is 1.21. The predicted molar refractivity (Wildman–Crippen MR) is 12.3 cm³/mol. The SMILES string of the molecule is [Br-].[CH3][Mg+].[O-2]. The van der Waals surface area contributed by atoms with Crippen molar-refractivity contribution in [3.8, 4) is 0 Å². The van der Waals surface area contributed by atoms with Crippen molar-refractivity contribution in [2.24, 2.45) is 0 Å². The van der Waals surface area contributed by atoms with Crippen LogP contribution in [0.25, 0.3) is 0 Å². The van der Waals surface area contributed by atoms with Gasteiger partial charge in [0.05, 0.1) is 0 Å². The molecule has 0 aliphatic rings. The minimum Gasteiger partial charge on any atom is -2.00 e. The van der Waals surface area contributed by atoms with Crippen LogP contribution in [-0.4, -0.2) is 21.7 Å². The molecule has 0 heterocycles. The van der Waals surface area contributed by atoms with Crippen LogP contribution >= 0.6 is 0 Å². The van der Waals surface area contributed by atoms with Gasteiger partial charge in [0.1, 0.15) is 0 Å². The normalized spacial score (nSPS) is 1.75. The first-order valence-electron chi connectivity index (χ1n) is 0.707. The third-order valence-corrected chi connectivity index (χ3v) is 0. The van der Waals surface area contributed by atoms with Gasteiger partial charge in [-0.2, -0.15) is 0 Å². The molecule has 0 radical (unpaired) electrons. The molecule has 0 aliphatic heterocycles. The molecular weight excluding hydrogens is 132 g/mol. The maximum Gasteiger partial charge on any atom is -2.00 e. The molecule has 0 unspecified atom stereocenters. The Kier molecular flexibility index (Phi) is 141. The van der Waals surface area contributed by atoms with Gasteiger partial charge in [-0.25, -0.2) is 0 Å². The van der Waals surface area contributed by atoms with Crippen LogP contribution in [0, 0.1) is 0 Å². The van der Waals surface area contributed by atoms with Crippen LogP contribution in [-0.2, 0) is 5.48 Å². The van der Waals surface area contributed by atoms with E-state index in [4.69, 9.17) is 0 Å². The molecule has 0 bridgehead atoms. The molecule has 0 amide bonds. The van der Waals surface area contributed by atoms with Crippen molar-refractivity contribution in [3.63, 3.8) is 0 Å². The van der Waals surface area contributed by atoms with E-state index in [9.17, 15) is 0 Å². The molecule has 0 aromatic rings. The Morgan fingerprint density at radius 1 is 1.25 bits per heavy atom. The van der Waals surface area contributed by atoms with Crippen molar-refractivity contribution in [3.05, 3.63) is 0 Å². The van der Waals surface area contributed by atoms with E-state index < -0.39 is 0 Å². The summed E-state index contributed by atoms with van der Waals surface area (Å²) in [4.78, 5) is 0. The van der Waals surface area contributed by atoms with Crippen molar-refractivity contribution in [2.75, 3.05) is 0 Å². The molecule has 0 aliphatic carbocycles. The van der Waals surface area contributed by atoms with E-state index in [1.807, 2.05) is 26.8 Å². The molecular formula is CH3BrMgO-2. The van der Waals surface area contributed by atoms with Crippen molar-refractivity contribution < 1.29 is 22.5 Å². The summed E-state index contributed by atoms with van der Waals surface area (Å²) in [6.45, 7) is 0. The van der Waals surface area contributed by atoms with E-state index in [2.05, 4.69) is 0 Å². The second-order valence-electron chi connectivity index (χ2n) is 0. The van der Waals surface area contributed by atoms with Gasteiger partial charge in [0.15, 0.2) is 0 Å². The Morgan fingerprint density at radius 2 is 1.25 bits per heavy atom. The van der Waals surface area contributed by atoms with Crippen LogP contribution in [0.3, 0.4) is 0 Å². The molecule has 0 aromatic carbocycles. The van der Waals surface area contributed by atoms with Crippen LogP contribution in [0.5, 0.6) is 0 Å². The van der Waals surface area contributed by atoms with Crippen LogP contribution < -0.4 is 17.0 Å². The van der Waals surface area contributed by atoms with Gasteiger partial charge in [0, 0.05) is 0 Å².